The predicted molar refractivity (Wildman–Crippen MR) is 146 cm³/mol. The number of carbonyl (C=O) groups excluding carboxylic acids is 2. The van der Waals surface area contributed by atoms with Gasteiger partial charge in [0, 0.05) is 23.5 Å². The van der Waals surface area contributed by atoms with Crippen molar-refractivity contribution < 1.29 is 27.5 Å². The fourth-order valence-corrected chi connectivity index (χ4v) is 6.68. The van der Waals surface area contributed by atoms with Crippen LogP contribution in [0.5, 0.6) is 5.75 Å². The molecule has 0 radical (unpaired) electrons. The van der Waals surface area contributed by atoms with Crippen LogP contribution in [0.3, 0.4) is 0 Å². The SMILES string of the molecule is CCN(C(=O)COC(=O)c1cc(-c2ccc3cc(OC)ccc3c2)nc2ccccc12)[C@H]1CCS(=O)(=O)C1. The molecular weight excluding hydrogens is 504 g/mol. The van der Waals surface area contributed by atoms with Crippen LogP contribution in [-0.2, 0) is 19.4 Å². The summed E-state index contributed by atoms with van der Waals surface area (Å²) in [7, 11) is -1.52. The van der Waals surface area contributed by atoms with Gasteiger partial charge in [-0.25, -0.2) is 18.2 Å². The molecule has 8 nitrogen and oxygen atoms in total. The molecule has 1 aromatic heterocycles. The normalized spacial score (nSPS) is 16.4. The number of pyridine rings is 1. The highest BCUT2D eigenvalue weighted by molar-refractivity contribution is 7.91. The zero-order valence-electron chi connectivity index (χ0n) is 21.2. The number of fused-ring (bicyclic) bond motifs is 2. The summed E-state index contributed by atoms with van der Waals surface area (Å²) >= 11 is 0. The van der Waals surface area contributed by atoms with Crippen LogP contribution in [0.2, 0.25) is 0 Å². The van der Waals surface area contributed by atoms with Gasteiger partial charge in [0.15, 0.2) is 16.4 Å². The van der Waals surface area contributed by atoms with Crippen molar-refractivity contribution >= 4 is 43.4 Å². The van der Waals surface area contributed by atoms with Crippen LogP contribution in [0, 0.1) is 0 Å². The molecule has 1 saturated heterocycles. The summed E-state index contributed by atoms with van der Waals surface area (Å²) < 4.78 is 34.5. The molecule has 0 N–H and O–H groups in total. The van der Waals surface area contributed by atoms with Gasteiger partial charge in [0.05, 0.1) is 35.4 Å². The largest absolute Gasteiger partial charge is 0.497 e. The molecule has 1 aliphatic heterocycles. The lowest BCUT2D eigenvalue weighted by atomic mass is 10.0. The number of ether oxygens (including phenoxy) is 2. The molecule has 1 atom stereocenters. The number of hydrogen-bond acceptors (Lipinski definition) is 7. The Labute approximate surface area is 221 Å². The number of methoxy groups -OCH3 is 1. The number of hydrogen-bond donors (Lipinski definition) is 0. The fourth-order valence-electron chi connectivity index (χ4n) is 4.95. The molecule has 1 amide bonds. The summed E-state index contributed by atoms with van der Waals surface area (Å²) in [5.41, 5.74) is 2.37. The van der Waals surface area contributed by atoms with Crippen molar-refractivity contribution in [3.05, 3.63) is 72.3 Å². The molecule has 38 heavy (non-hydrogen) atoms. The fraction of sp³-hybridized carbons (Fsp3) is 0.276. The molecule has 4 aromatic rings. The Balaban J connectivity index is 1.41. The van der Waals surface area contributed by atoms with Gasteiger partial charge in [-0.1, -0.05) is 36.4 Å². The van der Waals surface area contributed by atoms with Crippen LogP contribution in [0.1, 0.15) is 23.7 Å². The highest BCUT2D eigenvalue weighted by atomic mass is 32.2. The Kier molecular flexibility index (Phi) is 7.03. The minimum Gasteiger partial charge on any atom is -0.497 e. The number of esters is 1. The maximum atomic E-state index is 13.2. The van der Waals surface area contributed by atoms with E-state index < -0.39 is 34.4 Å². The lowest BCUT2D eigenvalue weighted by Gasteiger charge is -2.26. The third-order valence-electron chi connectivity index (χ3n) is 6.92. The summed E-state index contributed by atoms with van der Waals surface area (Å²) in [6.45, 7) is 1.66. The Morgan fingerprint density at radius 2 is 1.79 bits per heavy atom. The third-order valence-corrected chi connectivity index (χ3v) is 8.67. The Morgan fingerprint density at radius 3 is 2.53 bits per heavy atom. The smallest absolute Gasteiger partial charge is 0.339 e. The van der Waals surface area contributed by atoms with E-state index in [1.165, 1.54) is 4.90 Å². The van der Waals surface area contributed by atoms with Gasteiger partial charge in [-0.2, -0.15) is 0 Å². The van der Waals surface area contributed by atoms with Crippen LogP contribution >= 0.6 is 0 Å². The second-order valence-corrected chi connectivity index (χ2v) is 11.5. The van der Waals surface area contributed by atoms with E-state index in [0.29, 0.717) is 35.1 Å². The van der Waals surface area contributed by atoms with Crippen LogP contribution < -0.4 is 4.74 Å². The van der Waals surface area contributed by atoms with Gasteiger partial charge in [-0.3, -0.25) is 4.79 Å². The van der Waals surface area contributed by atoms with Crippen LogP contribution in [0.15, 0.2) is 66.7 Å². The summed E-state index contributed by atoms with van der Waals surface area (Å²) in [5, 5.41) is 2.64. The quantitative estimate of drug-likeness (QED) is 0.328. The number of rotatable bonds is 7. The maximum Gasteiger partial charge on any atom is 0.339 e. The minimum absolute atomic E-state index is 0.0581. The molecule has 3 aromatic carbocycles. The van der Waals surface area contributed by atoms with Gasteiger partial charge in [-0.15, -0.1) is 0 Å². The second kappa shape index (κ2) is 10.4. The molecule has 1 fully saturated rings. The molecule has 5 rings (SSSR count). The number of amides is 1. The summed E-state index contributed by atoms with van der Waals surface area (Å²) in [6, 6.07) is 20.3. The number of para-hydroxylation sites is 1. The average Bonchev–Trinajstić information content (AvgIpc) is 3.29. The molecule has 0 unspecified atom stereocenters. The van der Waals surface area contributed by atoms with Crippen molar-refractivity contribution in [2.24, 2.45) is 0 Å². The lowest BCUT2D eigenvalue weighted by molar-refractivity contribution is -0.136. The van der Waals surface area contributed by atoms with Crippen molar-refractivity contribution in [1.29, 1.82) is 0 Å². The first-order chi connectivity index (χ1) is 18.3. The van der Waals surface area contributed by atoms with E-state index in [9.17, 15) is 18.0 Å². The predicted octanol–water partition coefficient (Wildman–Crippen LogP) is 4.26. The second-order valence-electron chi connectivity index (χ2n) is 9.31. The van der Waals surface area contributed by atoms with Crippen molar-refractivity contribution in [3.8, 4) is 17.0 Å². The molecule has 196 valence electrons. The summed E-state index contributed by atoms with van der Waals surface area (Å²) in [5.74, 6) is -0.276. The number of carbonyl (C=O) groups is 2. The van der Waals surface area contributed by atoms with Gasteiger partial charge in [0.2, 0.25) is 0 Å². The first-order valence-corrected chi connectivity index (χ1v) is 14.2. The standard InChI is InChI=1S/C29H28N2O6S/c1-3-31(22-12-13-38(34,35)18-22)28(32)17-37-29(33)25-16-27(30-26-7-5-4-6-24(25)26)21-9-8-20-15-23(36-2)11-10-19(20)14-21/h4-11,14-16,22H,3,12-13,17-18H2,1-2H3/t22-/m0/s1. The maximum absolute atomic E-state index is 13.2. The van der Waals surface area contributed by atoms with Gasteiger partial charge >= 0.3 is 5.97 Å². The molecule has 0 spiro atoms. The number of aromatic nitrogens is 1. The van der Waals surface area contributed by atoms with Gasteiger partial charge in [0.25, 0.3) is 5.91 Å². The van der Waals surface area contributed by atoms with Crippen molar-refractivity contribution in [2.75, 3.05) is 31.8 Å². The van der Waals surface area contributed by atoms with Gasteiger partial charge in [-0.05, 0) is 54.4 Å². The topological polar surface area (TPSA) is 103 Å². The molecule has 1 aliphatic rings. The zero-order valence-corrected chi connectivity index (χ0v) is 22.0. The highest BCUT2D eigenvalue weighted by Crippen LogP contribution is 2.29. The van der Waals surface area contributed by atoms with Crippen molar-refractivity contribution in [2.45, 2.75) is 19.4 Å². The van der Waals surface area contributed by atoms with Gasteiger partial charge in [0.1, 0.15) is 5.75 Å². The number of sulfone groups is 1. The highest BCUT2D eigenvalue weighted by Gasteiger charge is 2.34. The first-order valence-electron chi connectivity index (χ1n) is 12.4. The number of benzene rings is 3. The van der Waals surface area contributed by atoms with Crippen molar-refractivity contribution in [3.63, 3.8) is 0 Å². The first kappa shape index (κ1) is 25.7. The lowest BCUT2D eigenvalue weighted by Crippen LogP contribution is -2.43. The monoisotopic (exact) mass is 532 g/mol. The molecule has 0 bridgehead atoms. The van der Waals surface area contributed by atoms with Crippen LogP contribution in [-0.4, -0.2) is 68.0 Å². The van der Waals surface area contributed by atoms with E-state index in [1.807, 2.05) is 54.6 Å². The van der Waals surface area contributed by atoms with Crippen LogP contribution in [0.25, 0.3) is 32.9 Å². The molecular formula is C29H28N2O6S. The molecule has 9 heteroatoms. The van der Waals surface area contributed by atoms with Gasteiger partial charge < -0.3 is 14.4 Å². The van der Waals surface area contributed by atoms with Crippen molar-refractivity contribution in [1.82, 2.24) is 9.88 Å². The summed E-state index contributed by atoms with van der Waals surface area (Å²) in [6.07, 6.45) is 0.396. The van der Waals surface area contributed by atoms with E-state index in [4.69, 9.17) is 14.5 Å². The number of likely N-dealkylation sites (N-methyl/N-ethyl adjacent to an activating group) is 1. The molecule has 0 saturated carbocycles. The van der Waals surface area contributed by atoms with E-state index >= 15 is 0 Å². The Bertz CT molecular complexity index is 1650. The zero-order chi connectivity index (χ0) is 26.9. The molecule has 2 heterocycles. The third kappa shape index (κ3) is 5.19. The number of nitrogens with zero attached hydrogens (tertiary/aromatic N) is 2. The van der Waals surface area contributed by atoms with Crippen LogP contribution in [0.4, 0.5) is 0 Å². The van der Waals surface area contributed by atoms with E-state index in [-0.39, 0.29) is 11.5 Å². The van der Waals surface area contributed by atoms with E-state index in [0.717, 1.165) is 22.1 Å². The summed E-state index contributed by atoms with van der Waals surface area (Å²) in [4.78, 5) is 32.3. The Morgan fingerprint density at radius 1 is 1.03 bits per heavy atom. The average molecular weight is 533 g/mol. The minimum atomic E-state index is -3.15. The Hall–Kier alpha value is -3.98. The van der Waals surface area contributed by atoms with E-state index in [2.05, 4.69) is 0 Å². The molecule has 0 aliphatic carbocycles. The van der Waals surface area contributed by atoms with E-state index in [1.54, 1.807) is 26.2 Å².